The standard InChI is InChI=1S/C16H25N/c1-12(2)15-8-9-17(10-15)11-16-13(3)6-5-7-14(16)4/h5-7,12,15H,8-11H2,1-4H3. The topological polar surface area (TPSA) is 3.24 Å². The predicted molar refractivity (Wildman–Crippen MR) is 74.1 cm³/mol. The van der Waals surface area contributed by atoms with E-state index in [-0.39, 0.29) is 0 Å². The molecule has 1 aromatic rings. The van der Waals surface area contributed by atoms with Gasteiger partial charge in [-0.15, -0.1) is 0 Å². The Balaban J connectivity index is 2.03. The molecule has 0 saturated carbocycles. The third-order valence-electron chi connectivity index (χ3n) is 4.28. The Morgan fingerprint density at radius 1 is 1.24 bits per heavy atom. The van der Waals surface area contributed by atoms with Crippen LogP contribution in [0.1, 0.15) is 37.0 Å². The SMILES string of the molecule is Cc1cccc(C)c1CN1CCC(C(C)C)C1. The number of rotatable bonds is 3. The highest BCUT2D eigenvalue weighted by Crippen LogP contribution is 2.26. The van der Waals surface area contributed by atoms with Gasteiger partial charge in [-0.2, -0.15) is 0 Å². The van der Waals surface area contributed by atoms with E-state index in [2.05, 4.69) is 50.8 Å². The van der Waals surface area contributed by atoms with E-state index in [9.17, 15) is 0 Å². The lowest BCUT2D eigenvalue weighted by Crippen LogP contribution is -2.22. The zero-order valence-electron chi connectivity index (χ0n) is 11.7. The van der Waals surface area contributed by atoms with Crippen molar-refractivity contribution in [3.63, 3.8) is 0 Å². The van der Waals surface area contributed by atoms with Crippen LogP contribution in [-0.2, 0) is 6.54 Å². The zero-order chi connectivity index (χ0) is 12.4. The molecule has 1 aromatic carbocycles. The van der Waals surface area contributed by atoms with Gasteiger partial charge in [0.05, 0.1) is 0 Å². The molecule has 0 bridgehead atoms. The van der Waals surface area contributed by atoms with Crippen LogP contribution in [-0.4, -0.2) is 18.0 Å². The van der Waals surface area contributed by atoms with E-state index in [0.29, 0.717) is 0 Å². The number of hydrogen-bond donors (Lipinski definition) is 0. The highest BCUT2D eigenvalue weighted by atomic mass is 15.1. The molecular formula is C16H25N. The van der Waals surface area contributed by atoms with Gasteiger partial charge in [0, 0.05) is 13.1 Å². The van der Waals surface area contributed by atoms with Crippen molar-refractivity contribution < 1.29 is 0 Å². The van der Waals surface area contributed by atoms with Crippen LogP contribution in [0, 0.1) is 25.7 Å². The van der Waals surface area contributed by atoms with Gasteiger partial charge in [0.15, 0.2) is 0 Å². The maximum atomic E-state index is 2.62. The van der Waals surface area contributed by atoms with Crippen molar-refractivity contribution in [1.82, 2.24) is 4.90 Å². The molecule has 1 atom stereocenters. The summed E-state index contributed by atoms with van der Waals surface area (Å²) in [6.45, 7) is 12.9. The number of nitrogens with zero attached hydrogens (tertiary/aromatic N) is 1. The molecule has 1 fully saturated rings. The van der Waals surface area contributed by atoms with Crippen LogP contribution in [0.25, 0.3) is 0 Å². The molecule has 1 aliphatic heterocycles. The second-order valence-electron chi connectivity index (χ2n) is 5.90. The second kappa shape index (κ2) is 5.22. The van der Waals surface area contributed by atoms with E-state index in [1.54, 1.807) is 0 Å². The van der Waals surface area contributed by atoms with Gasteiger partial charge in [0.25, 0.3) is 0 Å². The van der Waals surface area contributed by atoms with Gasteiger partial charge in [0.1, 0.15) is 0 Å². The third-order valence-corrected chi connectivity index (χ3v) is 4.28. The molecule has 0 N–H and O–H groups in total. The summed E-state index contributed by atoms with van der Waals surface area (Å²) in [5.74, 6) is 1.73. The average molecular weight is 231 g/mol. The lowest BCUT2D eigenvalue weighted by molar-refractivity contribution is 0.296. The first-order chi connectivity index (χ1) is 8.08. The van der Waals surface area contributed by atoms with Gasteiger partial charge < -0.3 is 0 Å². The molecule has 1 heterocycles. The summed E-state index contributed by atoms with van der Waals surface area (Å²) in [4.78, 5) is 2.62. The molecule has 1 aliphatic rings. The predicted octanol–water partition coefficient (Wildman–Crippen LogP) is 3.78. The minimum Gasteiger partial charge on any atom is -0.299 e. The lowest BCUT2D eigenvalue weighted by Gasteiger charge is -2.20. The van der Waals surface area contributed by atoms with Crippen molar-refractivity contribution in [2.45, 2.75) is 40.7 Å². The molecular weight excluding hydrogens is 206 g/mol. The molecule has 2 rings (SSSR count). The molecule has 1 unspecified atom stereocenters. The number of likely N-dealkylation sites (tertiary alicyclic amines) is 1. The summed E-state index contributed by atoms with van der Waals surface area (Å²) in [5, 5.41) is 0. The van der Waals surface area contributed by atoms with Crippen LogP contribution in [0.3, 0.4) is 0 Å². The fraction of sp³-hybridized carbons (Fsp3) is 0.625. The van der Waals surface area contributed by atoms with Crippen molar-refractivity contribution >= 4 is 0 Å². The maximum Gasteiger partial charge on any atom is 0.0239 e. The summed E-state index contributed by atoms with van der Waals surface area (Å²) < 4.78 is 0. The summed E-state index contributed by atoms with van der Waals surface area (Å²) in [6, 6.07) is 6.63. The Hall–Kier alpha value is -0.820. The highest BCUT2D eigenvalue weighted by molar-refractivity contribution is 5.33. The third kappa shape index (κ3) is 2.90. The summed E-state index contributed by atoms with van der Waals surface area (Å²) in [7, 11) is 0. The smallest absolute Gasteiger partial charge is 0.0239 e. The fourth-order valence-electron chi connectivity index (χ4n) is 2.87. The first kappa shape index (κ1) is 12.6. The summed E-state index contributed by atoms with van der Waals surface area (Å²) in [5.41, 5.74) is 4.42. The molecule has 0 aliphatic carbocycles. The minimum atomic E-state index is 0.831. The molecule has 17 heavy (non-hydrogen) atoms. The van der Waals surface area contributed by atoms with E-state index in [1.165, 1.54) is 36.2 Å². The van der Waals surface area contributed by atoms with Crippen molar-refractivity contribution in [2.24, 2.45) is 11.8 Å². The number of benzene rings is 1. The van der Waals surface area contributed by atoms with Crippen LogP contribution in [0.2, 0.25) is 0 Å². The van der Waals surface area contributed by atoms with E-state index in [4.69, 9.17) is 0 Å². The molecule has 0 spiro atoms. The van der Waals surface area contributed by atoms with Crippen LogP contribution in [0.4, 0.5) is 0 Å². The van der Waals surface area contributed by atoms with Gasteiger partial charge in [-0.05, 0) is 55.3 Å². The van der Waals surface area contributed by atoms with E-state index < -0.39 is 0 Å². The number of aryl methyl sites for hydroxylation is 2. The first-order valence-electron chi connectivity index (χ1n) is 6.85. The van der Waals surface area contributed by atoms with Gasteiger partial charge in [-0.1, -0.05) is 32.0 Å². The zero-order valence-corrected chi connectivity index (χ0v) is 11.7. The summed E-state index contributed by atoms with van der Waals surface area (Å²) >= 11 is 0. The maximum absolute atomic E-state index is 2.62. The second-order valence-corrected chi connectivity index (χ2v) is 5.90. The van der Waals surface area contributed by atoms with Crippen molar-refractivity contribution in [3.05, 3.63) is 34.9 Å². The molecule has 1 saturated heterocycles. The normalized spacial score (nSPS) is 21.4. The molecule has 0 amide bonds. The molecule has 94 valence electrons. The molecule has 1 heteroatoms. The van der Waals surface area contributed by atoms with Crippen molar-refractivity contribution in [1.29, 1.82) is 0 Å². The Morgan fingerprint density at radius 3 is 2.41 bits per heavy atom. The monoisotopic (exact) mass is 231 g/mol. The Morgan fingerprint density at radius 2 is 1.88 bits per heavy atom. The lowest BCUT2D eigenvalue weighted by atomic mass is 9.95. The quantitative estimate of drug-likeness (QED) is 0.765. The van der Waals surface area contributed by atoms with E-state index >= 15 is 0 Å². The highest BCUT2D eigenvalue weighted by Gasteiger charge is 2.25. The molecule has 1 nitrogen and oxygen atoms in total. The summed E-state index contributed by atoms with van der Waals surface area (Å²) in [6.07, 6.45) is 1.38. The van der Waals surface area contributed by atoms with E-state index in [1.807, 2.05) is 0 Å². The van der Waals surface area contributed by atoms with Crippen LogP contribution < -0.4 is 0 Å². The Labute approximate surface area is 106 Å². The van der Waals surface area contributed by atoms with Crippen LogP contribution >= 0.6 is 0 Å². The largest absolute Gasteiger partial charge is 0.299 e. The van der Waals surface area contributed by atoms with Crippen LogP contribution in [0.15, 0.2) is 18.2 Å². The minimum absolute atomic E-state index is 0.831. The van der Waals surface area contributed by atoms with Gasteiger partial charge in [-0.25, -0.2) is 0 Å². The Bertz CT molecular complexity index is 361. The first-order valence-corrected chi connectivity index (χ1v) is 6.85. The fourth-order valence-corrected chi connectivity index (χ4v) is 2.87. The molecule has 0 radical (unpaired) electrons. The van der Waals surface area contributed by atoms with Gasteiger partial charge in [0.2, 0.25) is 0 Å². The van der Waals surface area contributed by atoms with Gasteiger partial charge >= 0.3 is 0 Å². The van der Waals surface area contributed by atoms with Crippen LogP contribution in [0.5, 0.6) is 0 Å². The van der Waals surface area contributed by atoms with Crippen molar-refractivity contribution in [3.8, 4) is 0 Å². The average Bonchev–Trinajstić information content (AvgIpc) is 2.72. The van der Waals surface area contributed by atoms with Gasteiger partial charge in [-0.3, -0.25) is 4.90 Å². The van der Waals surface area contributed by atoms with Crippen molar-refractivity contribution in [2.75, 3.05) is 13.1 Å². The number of hydrogen-bond acceptors (Lipinski definition) is 1. The van der Waals surface area contributed by atoms with E-state index in [0.717, 1.165) is 18.4 Å². The molecule has 0 aromatic heterocycles. The Kier molecular flexibility index (Phi) is 3.88.